The van der Waals surface area contributed by atoms with Gasteiger partial charge in [0.1, 0.15) is 23.4 Å². The molecular formula is C28H38O7. The number of allylic oxidation sites excluding steroid dienone is 1. The Bertz CT molecular complexity index is 1060. The highest BCUT2D eigenvalue weighted by atomic mass is 16.6. The highest BCUT2D eigenvalue weighted by molar-refractivity contribution is 5.98. The van der Waals surface area contributed by atoms with Crippen LogP contribution >= 0.6 is 0 Å². The van der Waals surface area contributed by atoms with Crippen LogP contribution in [0, 0.1) is 34.5 Å². The number of carbonyl (C=O) groups is 2. The number of ketones is 1. The molecular weight excluding hydrogens is 448 g/mol. The van der Waals surface area contributed by atoms with Crippen LogP contribution in [-0.2, 0) is 19.1 Å². The zero-order valence-corrected chi connectivity index (χ0v) is 21.3. The van der Waals surface area contributed by atoms with Gasteiger partial charge in [-0.05, 0) is 89.2 Å². The average molecular weight is 487 g/mol. The van der Waals surface area contributed by atoms with E-state index < -0.39 is 40.3 Å². The minimum Gasteiger partial charge on any atom is -0.456 e. The number of esters is 1. The molecule has 0 unspecified atom stereocenters. The molecule has 2 heterocycles. The second-order valence-electron chi connectivity index (χ2n) is 12.9. The Morgan fingerprint density at radius 2 is 1.80 bits per heavy atom. The van der Waals surface area contributed by atoms with Crippen molar-refractivity contribution in [3.63, 3.8) is 0 Å². The van der Waals surface area contributed by atoms with Crippen LogP contribution in [0.3, 0.4) is 0 Å². The van der Waals surface area contributed by atoms with E-state index in [-0.39, 0.29) is 41.5 Å². The molecule has 192 valence electrons. The normalized spacial score (nSPS) is 54.3. The van der Waals surface area contributed by atoms with Crippen molar-refractivity contribution >= 4 is 11.8 Å². The van der Waals surface area contributed by atoms with Crippen LogP contribution in [0.2, 0.25) is 0 Å². The van der Waals surface area contributed by atoms with Crippen LogP contribution in [0.1, 0.15) is 66.7 Å². The summed E-state index contributed by atoms with van der Waals surface area (Å²) < 4.78 is 11.9. The maximum Gasteiger partial charge on any atom is 0.334 e. The number of fused-ring (bicyclic) bond motifs is 4. The lowest BCUT2D eigenvalue weighted by atomic mass is 9.43. The lowest BCUT2D eigenvalue weighted by molar-refractivity contribution is -0.205. The lowest BCUT2D eigenvalue weighted by Crippen LogP contribution is -2.66. The SMILES string of the molecule is CC1=C(C)C(=O)O[C@@H]([C@](C)(O)[C@H]2CC[C@H]3[C@@H]4C[C@H]5O[C@]56[C@@H](O)C=CC(=O)[C@]6(C)[C@H]4C[C@@H](O)[C@]23C)C1. The van der Waals surface area contributed by atoms with Crippen LogP contribution in [0.4, 0.5) is 0 Å². The van der Waals surface area contributed by atoms with Gasteiger partial charge in [0.25, 0.3) is 0 Å². The second kappa shape index (κ2) is 7.06. The molecule has 4 aliphatic carbocycles. The Morgan fingerprint density at radius 3 is 2.49 bits per heavy atom. The summed E-state index contributed by atoms with van der Waals surface area (Å²) in [4.78, 5) is 25.8. The van der Waals surface area contributed by atoms with Gasteiger partial charge in [-0.15, -0.1) is 0 Å². The van der Waals surface area contributed by atoms with Crippen molar-refractivity contribution in [2.24, 2.45) is 34.5 Å². The van der Waals surface area contributed by atoms with Crippen molar-refractivity contribution in [1.29, 1.82) is 0 Å². The number of hydrogen-bond acceptors (Lipinski definition) is 7. The van der Waals surface area contributed by atoms with E-state index in [1.807, 2.05) is 13.8 Å². The summed E-state index contributed by atoms with van der Waals surface area (Å²) in [5.74, 6) is -0.523. The van der Waals surface area contributed by atoms with Gasteiger partial charge in [-0.2, -0.15) is 0 Å². The van der Waals surface area contributed by atoms with Gasteiger partial charge in [0.05, 0.1) is 17.6 Å². The van der Waals surface area contributed by atoms with Crippen molar-refractivity contribution in [3.05, 3.63) is 23.3 Å². The minimum absolute atomic E-state index is 0.0240. The van der Waals surface area contributed by atoms with Crippen LogP contribution in [0.5, 0.6) is 0 Å². The zero-order valence-electron chi connectivity index (χ0n) is 21.3. The minimum atomic E-state index is -1.30. The summed E-state index contributed by atoms with van der Waals surface area (Å²) in [6.07, 6.45) is 3.87. The van der Waals surface area contributed by atoms with Gasteiger partial charge >= 0.3 is 5.97 Å². The number of aliphatic hydroxyl groups is 3. The molecule has 0 aromatic carbocycles. The van der Waals surface area contributed by atoms with Crippen LogP contribution in [0.25, 0.3) is 0 Å². The molecule has 0 aromatic heterocycles. The summed E-state index contributed by atoms with van der Waals surface area (Å²) in [6.45, 7) is 9.43. The van der Waals surface area contributed by atoms with E-state index in [0.29, 0.717) is 24.8 Å². The molecule has 12 atom stereocenters. The molecule has 6 aliphatic rings. The van der Waals surface area contributed by atoms with Crippen LogP contribution in [0.15, 0.2) is 23.3 Å². The molecule has 0 bridgehead atoms. The molecule has 4 fully saturated rings. The Morgan fingerprint density at radius 1 is 1.09 bits per heavy atom. The van der Waals surface area contributed by atoms with Crippen molar-refractivity contribution in [1.82, 2.24) is 0 Å². The van der Waals surface area contributed by atoms with Crippen LogP contribution < -0.4 is 0 Å². The summed E-state index contributed by atoms with van der Waals surface area (Å²) in [5, 5.41) is 34.5. The van der Waals surface area contributed by atoms with E-state index in [9.17, 15) is 24.9 Å². The molecule has 3 saturated carbocycles. The van der Waals surface area contributed by atoms with E-state index in [0.717, 1.165) is 18.4 Å². The Labute approximate surface area is 206 Å². The molecule has 0 radical (unpaired) electrons. The number of hydrogen-bond donors (Lipinski definition) is 3. The highest BCUT2D eigenvalue weighted by Crippen LogP contribution is 2.73. The number of epoxide rings is 1. The third-order valence-electron chi connectivity index (χ3n) is 11.8. The van der Waals surface area contributed by atoms with Gasteiger partial charge in [0.2, 0.25) is 0 Å². The fourth-order valence-corrected chi connectivity index (χ4v) is 9.52. The van der Waals surface area contributed by atoms with Crippen molar-refractivity contribution < 1.29 is 34.4 Å². The first-order valence-electron chi connectivity index (χ1n) is 13.2. The maximum atomic E-state index is 13.3. The molecule has 1 spiro atoms. The summed E-state index contributed by atoms with van der Waals surface area (Å²) in [7, 11) is 0. The van der Waals surface area contributed by atoms with E-state index in [1.165, 1.54) is 6.08 Å². The Balaban J connectivity index is 1.35. The van der Waals surface area contributed by atoms with Gasteiger partial charge < -0.3 is 24.8 Å². The quantitative estimate of drug-likeness (QED) is 0.406. The molecule has 3 N–H and O–H groups in total. The number of cyclic esters (lactones) is 1. The first-order valence-corrected chi connectivity index (χ1v) is 13.2. The predicted molar refractivity (Wildman–Crippen MR) is 126 cm³/mol. The van der Waals surface area contributed by atoms with E-state index >= 15 is 0 Å². The van der Waals surface area contributed by atoms with E-state index in [1.54, 1.807) is 19.9 Å². The fraction of sp³-hybridized carbons (Fsp3) is 0.786. The smallest absolute Gasteiger partial charge is 0.334 e. The molecule has 0 amide bonds. The molecule has 1 saturated heterocycles. The monoisotopic (exact) mass is 486 g/mol. The first-order chi connectivity index (χ1) is 16.3. The van der Waals surface area contributed by atoms with Gasteiger partial charge in [-0.25, -0.2) is 4.79 Å². The Hall–Kier alpha value is -1.54. The van der Waals surface area contributed by atoms with E-state index in [2.05, 4.69) is 6.92 Å². The molecule has 7 nitrogen and oxygen atoms in total. The molecule has 0 aromatic rings. The van der Waals surface area contributed by atoms with Crippen molar-refractivity contribution in [2.45, 2.75) is 102 Å². The molecule has 2 aliphatic heterocycles. The standard InChI is InChI=1S/C28H38O7/c1-13-10-22(34-24(32)14(13)2)27(5,33)18-7-6-16-15-11-23-28(35-23)20(30)9-8-19(29)26(28,4)17(15)12-21(31)25(16,18)3/h8-9,15-18,20-23,30-31,33H,6-7,10-12H2,1-5H3/t15-,16-,17-,18-,20-,21+,22+,23+,25-,26-,27+,28+/m0/s1. The summed E-state index contributed by atoms with van der Waals surface area (Å²) in [6, 6.07) is 0. The topological polar surface area (TPSA) is 117 Å². The number of rotatable bonds is 2. The number of carbonyl (C=O) groups excluding carboxylic acids is 2. The maximum absolute atomic E-state index is 13.3. The molecule has 7 heteroatoms. The third kappa shape index (κ3) is 2.66. The van der Waals surface area contributed by atoms with Gasteiger partial charge in [0, 0.05) is 17.4 Å². The van der Waals surface area contributed by atoms with Gasteiger partial charge in [-0.1, -0.05) is 12.5 Å². The highest BCUT2D eigenvalue weighted by Gasteiger charge is 2.81. The molecule has 6 rings (SSSR count). The summed E-state index contributed by atoms with van der Waals surface area (Å²) >= 11 is 0. The van der Waals surface area contributed by atoms with E-state index in [4.69, 9.17) is 9.47 Å². The van der Waals surface area contributed by atoms with Crippen LogP contribution in [-0.4, -0.2) is 62.7 Å². The predicted octanol–water partition coefficient (Wildman–Crippen LogP) is 2.47. The van der Waals surface area contributed by atoms with Gasteiger partial charge in [0.15, 0.2) is 5.78 Å². The van der Waals surface area contributed by atoms with Crippen molar-refractivity contribution in [2.75, 3.05) is 0 Å². The molecule has 35 heavy (non-hydrogen) atoms. The largest absolute Gasteiger partial charge is 0.456 e. The lowest BCUT2D eigenvalue weighted by Gasteiger charge is -2.60. The van der Waals surface area contributed by atoms with Gasteiger partial charge in [-0.3, -0.25) is 4.79 Å². The van der Waals surface area contributed by atoms with Crippen molar-refractivity contribution in [3.8, 4) is 0 Å². The third-order valence-corrected chi connectivity index (χ3v) is 11.8. The first kappa shape index (κ1) is 23.8. The second-order valence-corrected chi connectivity index (χ2v) is 12.9. The zero-order chi connectivity index (χ0) is 25.3. The average Bonchev–Trinajstić information content (AvgIpc) is 3.42. The Kier molecular flexibility index (Phi) is 4.81. The number of ether oxygens (including phenoxy) is 2. The number of aliphatic hydroxyl groups excluding tert-OH is 2. The fourth-order valence-electron chi connectivity index (χ4n) is 9.52. The summed E-state index contributed by atoms with van der Waals surface area (Å²) in [5.41, 5.74) is -2.11.